The molecule has 2 aromatic carbocycles. The summed E-state index contributed by atoms with van der Waals surface area (Å²) in [7, 11) is 0. The molecular formula is C15H13NO4. The first-order valence-electron chi connectivity index (χ1n) is 6.03. The molecule has 0 bridgehead atoms. The number of carbonyl (C=O) groups excluding carboxylic acids is 1. The minimum Gasteiger partial charge on any atom is -0.457 e. The summed E-state index contributed by atoms with van der Waals surface area (Å²) in [6, 6.07) is 13.1. The van der Waals surface area contributed by atoms with Gasteiger partial charge in [0, 0.05) is 12.1 Å². The van der Waals surface area contributed by atoms with Gasteiger partial charge in [-0.25, -0.2) is 4.79 Å². The van der Waals surface area contributed by atoms with Crippen LogP contribution in [0.1, 0.15) is 21.5 Å². The third kappa shape index (κ3) is 3.41. The average molecular weight is 271 g/mol. The Morgan fingerprint density at radius 1 is 1.20 bits per heavy atom. The van der Waals surface area contributed by atoms with Crippen molar-refractivity contribution in [2.45, 2.75) is 13.5 Å². The summed E-state index contributed by atoms with van der Waals surface area (Å²) in [5, 5.41) is 10.6. The van der Waals surface area contributed by atoms with Crippen molar-refractivity contribution in [2.24, 2.45) is 0 Å². The number of benzene rings is 2. The first-order chi connectivity index (χ1) is 9.56. The van der Waals surface area contributed by atoms with Crippen LogP contribution in [0.3, 0.4) is 0 Å². The van der Waals surface area contributed by atoms with E-state index in [1.54, 1.807) is 0 Å². The number of nitro benzene ring substituents is 1. The molecule has 0 radical (unpaired) electrons. The number of esters is 1. The molecule has 0 spiro atoms. The van der Waals surface area contributed by atoms with Gasteiger partial charge in [0.15, 0.2) is 0 Å². The van der Waals surface area contributed by atoms with Crippen molar-refractivity contribution in [1.29, 1.82) is 0 Å². The number of rotatable bonds is 4. The van der Waals surface area contributed by atoms with Gasteiger partial charge < -0.3 is 4.74 Å². The van der Waals surface area contributed by atoms with Crippen LogP contribution in [-0.2, 0) is 11.3 Å². The zero-order valence-corrected chi connectivity index (χ0v) is 10.9. The van der Waals surface area contributed by atoms with Crippen LogP contribution < -0.4 is 0 Å². The first-order valence-corrected chi connectivity index (χ1v) is 6.03. The van der Waals surface area contributed by atoms with Gasteiger partial charge in [-0.1, -0.05) is 35.9 Å². The Kier molecular flexibility index (Phi) is 4.10. The number of carbonyl (C=O) groups is 1. The van der Waals surface area contributed by atoms with E-state index in [0.29, 0.717) is 0 Å². The van der Waals surface area contributed by atoms with Crippen LogP contribution in [0.15, 0.2) is 48.5 Å². The minimum atomic E-state index is -0.575. The second-order valence-electron chi connectivity index (χ2n) is 4.37. The largest absolute Gasteiger partial charge is 0.457 e. The van der Waals surface area contributed by atoms with Gasteiger partial charge in [0.2, 0.25) is 0 Å². The highest BCUT2D eigenvalue weighted by atomic mass is 16.6. The predicted octanol–water partition coefficient (Wildman–Crippen LogP) is 3.26. The number of ether oxygens (including phenoxy) is 1. The molecule has 2 aromatic rings. The Balaban J connectivity index is 2.03. The first kappa shape index (κ1) is 13.7. The Labute approximate surface area is 116 Å². The van der Waals surface area contributed by atoms with E-state index in [0.717, 1.165) is 11.1 Å². The summed E-state index contributed by atoms with van der Waals surface area (Å²) in [6.45, 7) is 2.11. The van der Waals surface area contributed by atoms with Gasteiger partial charge in [0.1, 0.15) is 6.61 Å². The van der Waals surface area contributed by atoms with Crippen molar-refractivity contribution in [1.82, 2.24) is 0 Å². The second kappa shape index (κ2) is 5.97. The number of hydrogen-bond acceptors (Lipinski definition) is 4. The maximum absolute atomic E-state index is 11.8. The molecule has 0 fully saturated rings. The quantitative estimate of drug-likeness (QED) is 0.486. The van der Waals surface area contributed by atoms with Gasteiger partial charge >= 0.3 is 5.97 Å². The van der Waals surface area contributed by atoms with Crippen molar-refractivity contribution in [3.05, 3.63) is 75.3 Å². The molecule has 0 unspecified atom stereocenters. The maximum Gasteiger partial charge on any atom is 0.338 e. The van der Waals surface area contributed by atoms with Crippen LogP contribution in [0, 0.1) is 17.0 Å². The molecule has 5 nitrogen and oxygen atoms in total. The molecule has 0 saturated carbocycles. The lowest BCUT2D eigenvalue weighted by Gasteiger charge is -2.05. The minimum absolute atomic E-state index is 0.130. The molecule has 102 valence electrons. The van der Waals surface area contributed by atoms with E-state index in [4.69, 9.17) is 4.74 Å². The Hall–Kier alpha value is -2.69. The molecule has 0 aliphatic rings. The summed E-state index contributed by atoms with van der Waals surface area (Å²) in [5.74, 6) is -0.575. The fraction of sp³-hybridized carbons (Fsp3) is 0.133. The van der Waals surface area contributed by atoms with Crippen molar-refractivity contribution in [3.8, 4) is 0 Å². The molecule has 2 rings (SSSR count). The average Bonchev–Trinajstić information content (AvgIpc) is 2.46. The van der Waals surface area contributed by atoms with E-state index < -0.39 is 10.9 Å². The van der Waals surface area contributed by atoms with Gasteiger partial charge in [0.25, 0.3) is 5.69 Å². The molecule has 0 N–H and O–H groups in total. The molecule has 20 heavy (non-hydrogen) atoms. The third-order valence-electron chi connectivity index (χ3n) is 2.78. The highest BCUT2D eigenvalue weighted by Gasteiger charge is 2.12. The molecule has 0 heterocycles. The van der Waals surface area contributed by atoms with Gasteiger partial charge in [-0.3, -0.25) is 10.1 Å². The predicted molar refractivity (Wildman–Crippen MR) is 73.4 cm³/mol. The summed E-state index contributed by atoms with van der Waals surface area (Å²) >= 11 is 0. The topological polar surface area (TPSA) is 69.4 Å². The third-order valence-corrected chi connectivity index (χ3v) is 2.78. The monoisotopic (exact) mass is 271 g/mol. The lowest BCUT2D eigenvalue weighted by Crippen LogP contribution is -2.05. The van der Waals surface area contributed by atoms with Crippen LogP contribution in [0.25, 0.3) is 0 Å². The van der Waals surface area contributed by atoms with Crippen molar-refractivity contribution < 1.29 is 14.5 Å². The number of nitro groups is 1. The smallest absolute Gasteiger partial charge is 0.338 e. The van der Waals surface area contributed by atoms with Crippen molar-refractivity contribution in [2.75, 3.05) is 0 Å². The van der Waals surface area contributed by atoms with Gasteiger partial charge in [-0.2, -0.15) is 0 Å². The molecule has 0 amide bonds. The van der Waals surface area contributed by atoms with Crippen LogP contribution in [0.4, 0.5) is 5.69 Å². The van der Waals surface area contributed by atoms with E-state index in [1.807, 2.05) is 31.2 Å². The fourth-order valence-corrected chi connectivity index (χ4v) is 1.66. The molecule has 0 aromatic heterocycles. The Morgan fingerprint density at radius 3 is 2.55 bits per heavy atom. The summed E-state index contributed by atoms with van der Waals surface area (Å²) in [4.78, 5) is 21.9. The lowest BCUT2D eigenvalue weighted by atomic mass is 10.1. The van der Waals surface area contributed by atoms with E-state index in [1.165, 1.54) is 24.3 Å². The van der Waals surface area contributed by atoms with Gasteiger partial charge in [-0.05, 0) is 18.6 Å². The van der Waals surface area contributed by atoms with E-state index in [2.05, 4.69) is 0 Å². The Morgan fingerprint density at radius 2 is 1.90 bits per heavy atom. The van der Waals surface area contributed by atoms with E-state index in [-0.39, 0.29) is 17.9 Å². The van der Waals surface area contributed by atoms with E-state index in [9.17, 15) is 14.9 Å². The van der Waals surface area contributed by atoms with Gasteiger partial charge in [0.05, 0.1) is 10.5 Å². The molecule has 5 heteroatoms. The second-order valence-corrected chi connectivity index (χ2v) is 4.37. The normalized spacial score (nSPS) is 10.1. The summed E-state index contributed by atoms with van der Waals surface area (Å²) < 4.78 is 5.13. The van der Waals surface area contributed by atoms with Crippen LogP contribution in [0.2, 0.25) is 0 Å². The standard InChI is InChI=1S/C15H13NO4/c1-11-5-7-12(8-6-11)10-20-15(17)13-3-2-4-14(9-13)16(18)19/h2-9H,10H2,1H3. The number of aryl methyl sites for hydroxylation is 1. The molecule has 0 atom stereocenters. The van der Waals surface area contributed by atoms with Gasteiger partial charge in [-0.15, -0.1) is 0 Å². The Bertz CT molecular complexity index is 635. The molecule has 0 aliphatic heterocycles. The highest BCUT2D eigenvalue weighted by Crippen LogP contribution is 2.14. The molecular weight excluding hydrogens is 258 g/mol. The molecule has 0 aliphatic carbocycles. The lowest BCUT2D eigenvalue weighted by molar-refractivity contribution is -0.384. The number of non-ortho nitro benzene ring substituents is 1. The van der Waals surface area contributed by atoms with Crippen LogP contribution >= 0.6 is 0 Å². The van der Waals surface area contributed by atoms with Crippen LogP contribution in [0.5, 0.6) is 0 Å². The number of nitrogens with zero attached hydrogens (tertiary/aromatic N) is 1. The SMILES string of the molecule is Cc1ccc(COC(=O)c2cccc([N+](=O)[O-])c2)cc1. The summed E-state index contributed by atoms with van der Waals surface area (Å²) in [6.07, 6.45) is 0. The zero-order valence-electron chi connectivity index (χ0n) is 10.9. The number of hydrogen-bond donors (Lipinski definition) is 0. The summed E-state index contributed by atoms with van der Waals surface area (Å²) in [5.41, 5.74) is 2.04. The fourth-order valence-electron chi connectivity index (χ4n) is 1.66. The highest BCUT2D eigenvalue weighted by molar-refractivity contribution is 5.90. The molecule has 0 saturated heterocycles. The zero-order chi connectivity index (χ0) is 14.5. The van der Waals surface area contributed by atoms with Crippen molar-refractivity contribution >= 4 is 11.7 Å². The van der Waals surface area contributed by atoms with Crippen molar-refractivity contribution in [3.63, 3.8) is 0 Å². The maximum atomic E-state index is 11.8. The van der Waals surface area contributed by atoms with Crippen LogP contribution in [-0.4, -0.2) is 10.9 Å². The van der Waals surface area contributed by atoms with E-state index >= 15 is 0 Å².